The van der Waals surface area contributed by atoms with Crippen LogP contribution in [0.5, 0.6) is 0 Å². The number of likely N-dealkylation sites (tertiary alicyclic amines) is 1. The van der Waals surface area contributed by atoms with Gasteiger partial charge in [0.05, 0.1) is 5.38 Å². The summed E-state index contributed by atoms with van der Waals surface area (Å²) < 4.78 is 0. The summed E-state index contributed by atoms with van der Waals surface area (Å²) in [4.78, 5) is 2.33. The van der Waals surface area contributed by atoms with Gasteiger partial charge in [-0.1, -0.05) is 6.92 Å². The average Bonchev–Trinajstić information content (AvgIpc) is 2.31. The third-order valence-corrected chi connectivity index (χ3v) is 2.90. The van der Waals surface area contributed by atoms with Gasteiger partial charge in [-0.2, -0.15) is 0 Å². The molecule has 0 amide bonds. The fraction of sp³-hybridized carbons (Fsp3) is 0.778. The van der Waals surface area contributed by atoms with Crippen molar-refractivity contribution in [3.63, 3.8) is 0 Å². The first-order valence-corrected chi connectivity index (χ1v) is 5.03. The van der Waals surface area contributed by atoms with E-state index < -0.39 is 0 Å². The summed E-state index contributed by atoms with van der Waals surface area (Å²) in [7, 11) is 0. The van der Waals surface area contributed by atoms with Crippen molar-refractivity contribution in [2.24, 2.45) is 5.16 Å². The molecule has 0 aromatic rings. The number of rotatable bonds is 1. The van der Waals surface area contributed by atoms with Gasteiger partial charge in [0.1, 0.15) is 0 Å². The largest absolute Gasteiger partial charge is 0.404 e. The van der Waals surface area contributed by atoms with Crippen LogP contribution >= 0.6 is 11.6 Å². The second-order valence-corrected chi connectivity index (χ2v) is 3.70. The molecule has 1 unspecified atom stereocenters. The molecule has 1 heterocycles. The minimum absolute atomic E-state index is 0.0209. The van der Waals surface area contributed by atoms with E-state index in [0.717, 1.165) is 38.0 Å². The molecule has 1 N–H and O–H groups in total. The third-order valence-electron chi connectivity index (χ3n) is 2.42. The van der Waals surface area contributed by atoms with Crippen molar-refractivity contribution < 1.29 is 5.21 Å². The highest BCUT2D eigenvalue weighted by atomic mass is 35.5. The zero-order chi connectivity index (χ0) is 9.68. The number of nitrogens with zero attached hydrogens (tertiary/aromatic N) is 2. The molecule has 0 radical (unpaired) electrons. The Labute approximate surface area is 83.7 Å². The standard InChI is InChI=1S/C9H15ClN2O/c1-2-12-5-3-8(7-11-13)9(10)4-6-12/h9,13H,2-6H2,1H3. The molecule has 74 valence electrons. The molecule has 0 bridgehead atoms. The fourth-order valence-corrected chi connectivity index (χ4v) is 1.78. The first kappa shape index (κ1) is 10.6. The summed E-state index contributed by atoms with van der Waals surface area (Å²) in [6.07, 6.45) is 1.76. The molecule has 4 heteroatoms. The predicted octanol–water partition coefficient (Wildman–Crippen LogP) is 1.69. The molecule has 0 spiro atoms. The SMILES string of the molecule is CCN1CCC(=C=NO)C(Cl)CC1. The number of hydrogen-bond donors (Lipinski definition) is 1. The highest BCUT2D eigenvalue weighted by Gasteiger charge is 2.18. The van der Waals surface area contributed by atoms with Crippen molar-refractivity contribution in [1.29, 1.82) is 0 Å². The Balaban J connectivity index is 2.65. The van der Waals surface area contributed by atoms with Crippen molar-refractivity contribution in [2.75, 3.05) is 19.6 Å². The molecule has 1 aliphatic heterocycles. The van der Waals surface area contributed by atoms with Crippen LogP contribution in [-0.4, -0.2) is 41.0 Å². The van der Waals surface area contributed by atoms with Gasteiger partial charge in [-0.15, -0.1) is 11.6 Å². The first-order chi connectivity index (χ1) is 6.27. The van der Waals surface area contributed by atoms with Crippen LogP contribution in [0.2, 0.25) is 0 Å². The van der Waals surface area contributed by atoms with Gasteiger partial charge in [-0.25, -0.2) is 0 Å². The second-order valence-electron chi connectivity index (χ2n) is 3.18. The van der Waals surface area contributed by atoms with Gasteiger partial charge in [0.15, 0.2) is 0 Å². The van der Waals surface area contributed by atoms with Crippen LogP contribution in [0.25, 0.3) is 0 Å². The van der Waals surface area contributed by atoms with E-state index in [9.17, 15) is 0 Å². The third kappa shape index (κ3) is 3.03. The summed E-state index contributed by atoms with van der Waals surface area (Å²) in [5, 5.41) is 11.3. The van der Waals surface area contributed by atoms with Crippen molar-refractivity contribution in [3.8, 4) is 0 Å². The van der Waals surface area contributed by atoms with Gasteiger partial charge in [0.25, 0.3) is 0 Å². The molecule has 0 aromatic carbocycles. The minimum atomic E-state index is -0.0209. The lowest BCUT2D eigenvalue weighted by Gasteiger charge is -2.15. The molecule has 0 aliphatic carbocycles. The van der Waals surface area contributed by atoms with Gasteiger partial charge in [0.2, 0.25) is 0 Å². The van der Waals surface area contributed by atoms with E-state index in [1.54, 1.807) is 0 Å². The van der Waals surface area contributed by atoms with Gasteiger partial charge < -0.3 is 10.1 Å². The molecule has 13 heavy (non-hydrogen) atoms. The van der Waals surface area contributed by atoms with E-state index >= 15 is 0 Å². The smallest absolute Gasteiger partial charge is 0.0648 e. The van der Waals surface area contributed by atoms with Gasteiger partial charge >= 0.3 is 0 Å². The monoisotopic (exact) mass is 202 g/mol. The van der Waals surface area contributed by atoms with Crippen LogP contribution in [0.15, 0.2) is 10.7 Å². The second kappa shape index (κ2) is 5.28. The van der Waals surface area contributed by atoms with Gasteiger partial charge in [0, 0.05) is 18.0 Å². The van der Waals surface area contributed by atoms with Crippen LogP contribution < -0.4 is 0 Å². The Morgan fingerprint density at radius 3 is 3.08 bits per heavy atom. The lowest BCUT2D eigenvalue weighted by molar-refractivity contribution is 0.303. The Morgan fingerprint density at radius 2 is 2.46 bits per heavy atom. The maximum Gasteiger partial charge on any atom is 0.0648 e. The van der Waals surface area contributed by atoms with E-state index in [0.29, 0.717) is 0 Å². The molecular formula is C9H15ClN2O. The molecule has 3 nitrogen and oxygen atoms in total. The summed E-state index contributed by atoms with van der Waals surface area (Å²) in [5.74, 6) is 2.56. The molecule has 1 rings (SSSR count). The van der Waals surface area contributed by atoms with Crippen LogP contribution in [0.3, 0.4) is 0 Å². The molecular weight excluding hydrogens is 188 g/mol. The molecule has 1 atom stereocenters. The van der Waals surface area contributed by atoms with E-state index in [1.165, 1.54) is 0 Å². The van der Waals surface area contributed by atoms with E-state index in [2.05, 4.69) is 22.8 Å². The molecule has 0 aromatic heterocycles. The summed E-state index contributed by atoms with van der Waals surface area (Å²) in [6.45, 7) is 5.18. The van der Waals surface area contributed by atoms with E-state index in [4.69, 9.17) is 16.8 Å². The van der Waals surface area contributed by atoms with Gasteiger partial charge in [-0.3, -0.25) is 0 Å². The average molecular weight is 203 g/mol. The highest BCUT2D eigenvalue weighted by Crippen LogP contribution is 2.19. The topological polar surface area (TPSA) is 35.8 Å². The molecule has 1 fully saturated rings. The van der Waals surface area contributed by atoms with Crippen molar-refractivity contribution in [3.05, 3.63) is 5.57 Å². The number of hydrogen-bond acceptors (Lipinski definition) is 3. The van der Waals surface area contributed by atoms with Crippen molar-refractivity contribution >= 4 is 17.5 Å². The Morgan fingerprint density at radius 1 is 1.69 bits per heavy atom. The predicted molar refractivity (Wildman–Crippen MR) is 53.7 cm³/mol. The Bertz CT molecular complexity index is 224. The quantitative estimate of drug-likeness (QED) is 0.304. The zero-order valence-electron chi connectivity index (χ0n) is 7.83. The molecule has 1 aliphatic rings. The Hall–Kier alpha value is -0.500. The van der Waals surface area contributed by atoms with E-state index in [-0.39, 0.29) is 5.38 Å². The first-order valence-electron chi connectivity index (χ1n) is 4.60. The molecule has 0 saturated carbocycles. The lowest BCUT2D eigenvalue weighted by atomic mass is 10.1. The summed E-state index contributed by atoms with van der Waals surface area (Å²) in [5.41, 5.74) is 0.917. The summed E-state index contributed by atoms with van der Waals surface area (Å²) >= 11 is 6.09. The number of alkyl halides is 1. The van der Waals surface area contributed by atoms with Crippen LogP contribution in [0, 0.1) is 0 Å². The van der Waals surface area contributed by atoms with Crippen molar-refractivity contribution in [2.45, 2.75) is 25.1 Å². The molecule has 1 saturated heterocycles. The van der Waals surface area contributed by atoms with Crippen LogP contribution in [-0.2, 0) is 0 Å². The zero-order valence-corrected chi connectivity index (χ0v) is 8.59. The van der Waals surface area contributed by atoms with Crippen LogP contribution in [0.4, 0.5) is 0 Å². The normalized spacial score (nSPS) is 25.1. The minimum Gasteiger partial charge on any atom is -0.404 e. The van der Waals surface area contributed by atoms with Crippen molar-refractivity contribution in [1.82, 2.24) is 4.90 Å². The number of halogens is 1. The van der Waals surface area contributed by atoms with Gasteiger partial charge in [-0.05, 0) is 31.1 Å². The summed E-state index contributed by atoms with van der Waals surface area (Å²) in [6, 6.07) is 0. The van der Waals surface area contributed by atoms with Crippen LogP contribution in [0.1, 0.15) is 19.8 Å². The lowest BCUT2D eigenvalue weighted by Crippen LogP contribution is -2.24. The highest BCUT2D eigenvalue weighted by molar-refractivity contribution is 6.23. The maximum atomic E-state index is 8.37. The fourth-order valence-electron chi connectivity index (χ4n) is 1.52. The van der Waals surface area contributed by atoms with E-state index in [1.807, 2.05) is 0 Å². The maximum absolute atomic E-state index is 8.37. The Kier molecular flexibility index (Phi) is 4.29.